The van der Waals surface area contributed by atoms with Gasteiger partial charge in [0.05, 0.1) is 0 Å². The normalized spacial score (nSPS) is 23.6. The Labute approximate surface area is 58.1 Å². The molecule has 4 heteroatoms. The topological polar surface area (TPSA) is 52.6 Å². The summed E-state index contributed by atoms with van der Waals surface area (Å²) in [5.41, 5.74) is 0. The molecular formula is C6H8O4. The highest BCUT2D eigenvalue weighted by molar-refractivity contribution is 5.62. The Morgan fingerprint density at radius 1 is 1.70 bits per heavy atom. The third kappa shape index (κ3) is 1.72. The Kier molecular flexibility index (Phi) is 2.25. The van der Waals surface area contributed by atoms with Crippen LogP contribution in [0.2, 0.25) is 0 Å². The molecule has 4 nitrogen and oxygen atoms in total. The fraction of sp³-hybridized carbons (Fsp3) is 0.667. The molecule has 0 bridgehead atoms. The monoisotopic (exact) mass is 144 g/mol. The molecule has 1 atom stereocenters. The lowest BCUT2D eigenvalue weighted by Gasteiger charge is -2.00. The van der Waals surface area contributed by atoms with Crippen molar-refractivity contribution in [3.63, 3.8) is 0 Å². The number of hydrogen-bond donors (Lipinski definition) is 0. The van der Waals surface area contributed by atoms with Crippen LogP contribution in [0, 0.1) is 0 Å². The fourth-order valence-electron chi connectivity index (χ4n) is 0.761. The highest BCUT2D eigenvalue weighted by atomic mass is 16.8. The smallest absolute Gasteiger partial charge is 0.430 e. The van der Waals surface area contributed by atoms with Gasteiger partial charge in [-0.2, -0.15) is 0 Å². The van der Waals surface area contributed by atoms with Crippen LogP contribution in [-0.4, -0.2) is 25.2 Å². The zero-order valence-electron chi connectivity index (χ0n) is 5.41. The lowest BCUT2D eigenvalue weighted by atomic mass is 10.2. The van der Waals surface area contributed by atoms with Crippen LogP contribution in [0.4, 0.5) is 4.79 Å². The lowest BCUT2D eigenvalue weighted by Crippen LogP contribution is -2.09. The molecule has 56 valence electrons. The first-order valence-corrected chi connectivity index (χ1v) is 3.10. The maximum Gasteiger partial charge on any atom is 0.508 e. The highest BCUT2D eigenvalue weighted by Crippen LogP contribution is 2.10. The molecule has 1 saturated heterocycles. The first-order chi connectivity index (χ1) is 4.83. The molecule has 1 fully saturated rings. The van der Waals surface area contributed by atoms with E-state index in [0.29, 0.717) is 12.8 Å². The number of aldehydes is 1. The van der Waals surface area contributed by atoms with Crippen molar-refractivity contribution >= 4 is 12.4 Å². The summed E-state index contributed by atoms with van der Waals surface area (Å²) in [5, 5.41) is 0. The van der Waals surface area contributed by atoms with E-state index in [2.05, 4.69) is 9.47 Å². The van der Waals surface area contributed by atoms with Gasteiger partial charge in [0.2, 0.25) is 0 Å². The molecule has 1 aliphatic heterocycles. The van der Waals surface area contributed by atoms with Crippen LogP contribution >= 0.6 is 0 Å². The minimum atomic E-state index is -0.629. The summed E-state index contributed by atoms with van der Waals surface area (Å²) in [6.45, 7) is 0.284. The number of cyclic esters (lactones) is 2. The van der Waals surface area contributed by atoms with Crippen LogP contribution in [0.3, 0.4) is 0 Å². The van der Waals surface area contributed by atoms with E-state index < -0.39 is 6.16 Å². The quantitative estimate of drug-likeness (QED) is 0.427. The maximum absolute atomic E-state index is 10.3. The molecule has 1 unspecified atom stereocenters. The number of carbonyl (C=O) groups excluding carboxylic acids is 2. The second kappa shape index (κ2) is 3.20. The Morgan fingerprint density at radius 2 is 2.50 bits per heavy atom. The van der Waals surface area contributed by atoms with Crippen molar-refractivity contribution in [2.24, 2.45) is 0 Å². The minimum Gasteiger partial charge on any atom is -0.430 e. The molecule has 0 amide bonds. The van der Waals surface area contributed by atoms with Crippen molar-refractivity contribution in [1.29, 1.82) is 0 Å². The standard InChI is InChI=1S/C6H8O4/c7-3-1-2-5-4-9-6(8)10-5/h3,5H,1-2,4H2. The summed E-state index contributed by atoms with van der Waals surface area (Å²) in [6, 6.07) is 0. The molecule has 0 aromatic carbocycles. The van der Waals surface area contributed by atoms with E-state index in [4.69, 9.17) is 0 Å². The van der Waals surface area contributed by atoms with Gasteiger partial charge in [-0.25, -0.2) is 4.79 Å². The van der Waals surface area contributed by atoms with Crippen molar-refractivity contribution in [1.82, 2.24) is 0 Å². The van der Waals surface area contributed by atoms with Crippen molar-refractivity contribution < 1.29 is 19.1 Å². The van der Waals surface area contributed by atoms with Gasteiger partial charge in [-0.1, -0.05) is 0 Å². The molecule has 1 heterocycles. The summed E-state index contributed by atoms with van der Waals surface area (Å²) in [7, 11) is 0. The third-order valence-electron chi connectivity index (χ3n) is 1.26. The predicted octanol–water partition coefficient (Wildman–Crippen LogP) is 0.501. The number of hydrogen-bond acceptors (Lipinski definition) is 4. The predicted molar refractivity (Wildman–Crippen MR) is 31.5 cm³/mol. The molecule has 0 aliphatic carbocycles. The molecule has 1 aliphatic rings. The van der Waals surface area contributed by atoms with Gasteiger partial charge in [-0.05, 0) is 6.42 Å². The second-order valence-corrected chi connectivity index (χ2v) is 2.04. The van der Waals surface area contributed by atoms with E-state index in [-0.39, 0.29) is 12.7 Å². The van der Waals surface area contributed by atoms with Crippen LogP contribution in [0.15, 0.2) is 0 Å². The van der Waals surface area contributed by atoms with Gasteiger partial charge in [-0.15, -0.1) is 0 Å². The highest BCUT2D eigenvalue weighted by Gasteiger charge is 2.23. The van der Waals surface area contributed by atoms with Gasteiger partial charge in [0.15, 0.2) is 0 Å². The molecule has 1 rings (SSSR count). The van der Waals surface area contributed by atoms with Crippen molar-refractivity contribution in [2.45, 2.75) is 18.9 Å². The average molecular weight is 144 g/mol. The van der Waals surface area contributed by atoms with Crippen LogP contribution in [0.1, 0.15) is 12.8 Å². The fourth-order valence-corrected chi connectivity index (χ4v) is 0.761. The minimum absolute atomic E-state index is 0.210. The summed E-state index contributed by atoms with van der Waals surface area (Å²) in [5.74, 6) is 0. The third-order valence-corrected chi connectivity index (χ3v) is 1.26. The second-order valence-electron chi connectivity index (χ2n) is 2.04. The van der Waals surface area contributed by atoms with Crippen LogP contribution in [0.5, 0.6) is 0 Å². The molecule has 0 aromatic rings. The van der Waals surface area contributed by atoms with E-state index in [9.17, 15) is 9.59 Å². The number of ether oxygens (including phenoxy) is 2. The molecule has 0 saturated carbocycles. The first-order valence-electron chi connectivity index (χ1n) is 3.10. The van der Waals surface area contributed by atoms with Gasteiger partial charge in [0.1, 0.15) is 19.0 Å². The van der Waals surface area contributed by atoms with Gasteiger partial charge in [-0.3, -0.25) is 0 Å². The Bertz CT molecular complexity index is 143. The van der Waals surface area contributed by atoms with Crippen LogP contribution in [-0.2, 0) is 14.3 Å². The Balaban J connectivity index is 2.18. The summed E-state index contributed by atoms with van der Waals surface area (Å²) < 4.78 is 9.13. The van der Waals surface area contributed by atoms with E-state index >= 15 is 0 Å². The SMILES string of the molecule is O=CCCC1COC(=O)O1. The lowest BCUT2D eigenvalue weighted by molar-refractivity contribution is -0.108. The van der Waals surface area contributed by atoms with Crippen LogP contribution in [0.25, 0.3) is 0 Å². The summed E-state index contributed by atoms with van der Waals surface area (Å²) in [4.78, 5) is 20.1. The summed E-state index contributed by atoms with van der Waals surface area (Å²) in [6.07, 6.45) is 0.941. The largest absolute Gasteiger partial charge is 0.508 e. The van der Waals surface area contributed by atoms with Gasteiger partial charge >= 0.3 is 6.16 Å². The Morgan fingerprint density at radius 3 is 3.00 bits per heavy atom. The zero-order valence-corrected chi connectivity index (χ0v) is 5.41. The van der Waals surface area contributed by atoms with Gasteiger partial charge in [0, 0.05) is 6.42 Å². The molecule has 0 N–H and O–H groups in total. The van der Waals surface area contributed by atoms with Crippen molar-refractivity contribution in [2.75, 3.05) is 6.61 Å². The van der Waals surface area contributed by atoms with E-state index in [0.717, 1.165) is 6.29 Å². The number of carbonyl (C=O) groups is 2. The molecule has 0 aromatic heterocycles. The van der Waals surface area contributed by atoms with Crippen LogP contribution < -0.4 is 0 Å². The van der Waals surface area contributed by atoms with Gasteiger partial charge < -0.3 is 14.3 Å². The van der Waals surface area contributed by atoms with Gasteiger partial charge in [0.25, 0.3) is 0 Å². The molecule has 0 radical (unpaired) electrons. The zero-order chi connectivity index (χ0) is 7.40. The van der Waals surface area contributed by atoms with Crippen molar-refractivity contribution in [3.8, 4) is 0 Å². The molecule has 10 heavy (non-hydrogen) atoms. The Hall–Kier alpha value is -1.06. The number of rotatable bonds is 3. The van der Waals surface area contributed by atoms with E-state index in [1.165, 1.54) is 0 Å². The maximum atomic E-state index is 10.3. The first kappa shape index (κ1) is 7.05. The summed E-state index contributed by atoms with van der Waals surface area (Å²) >= 11 is 0. The van der Waals surface area contributed by atoms with E-state index in [1.807, 2.05) is 0 Å². The molecule has 0 spiro atoms. The van der Waals surface area contributed by atoms with Crippen molar-refractivity contribution in [3.05, 3.63) is 0 Å². The average Bonchev–Trinajstić information content (AvgIpc) is 2.31. The molecular weight excluding hydrogens is 136 g/mol. The van der Waals surface area contributed by atoms with E-state index in [1.54, 1.807) is 0 Å².